The van der Waals surface area contributed by atoms with Crippen LogP contribution in [0.1, 0.15) is 24.5 Å². The molecule has 5 nitrogen and oxygen atoms in total. The van der Waals surface area contributed by atoms with Crippen LogP contribution in [-0.2, 0) is 11.3 Å². The molecular weight excluding hydrogens is 370 g/mol. The van der Waals surface area contributed by atoms with Gasteiger partial charge in [-0.2, -0.15) is 0 Å². The van der Waals surface area contributed by atoms with Gasteiger partial charge in [0.15, 0.2) is 11.4 Å². The number of fused-ring (bicyclic) bond motifs is 1. The highest BCUT2D eigenvalue weighted by atomic mass is 32.1. The van der Waals surface area contributed by atoms with Crippen LogP contribution in [-0.4, -0.2) is 17.1 Å². The number of carbonyl (C=O) groups excluding carboxylic acids is 1. The Morgan fingerprint density at radius 1 is 1.21 bits per heavy atom. The smallest absolute Gasteiger partial charge is 0.262 e. The van der Waals surface area contributed by atoms with Crippen molar-refractivity contribution in [3.05, 3.63) is 57.7 Å². The van der Waals surface area contributed by atoms with Crippen molar-refractivity contribution in [1.29, 1.82) is 0 Å². The van der Waals surface area contributed by atoms with E-state index in [1.807, 2.05) is 18.2 Å². The number of aromatic nitrogens is 1. The molecule has 1 N–H and O–H groups in total. The SMILES string of the molecule is CCCn1c(-c2ccc3c(c2)NC(=O)CO3)csc1=Nc1cc(C)ccc1C. The number of hydrogen-bond donors (Lipinski definition) is 1. The van der Waals surface area contributed by atoms with Gasteiger partial charge in [-0.25, -0.2) is 4.99 Å². The molecule has 1 aliphatic rings. The van der Waals surface area contributed by atoms with Gasteiger partial charge >= 0.3 is 0 Å². The number of aryl methyl sites for hydroxylation is 2. The van der Waals surface area contributed by atoms with Crippen LogP contribution in [0.5, 0.6) is 5.75 Å². The second kappa shape index (κ2) is 7.64. The van der Waals surface area contributed by atoms with Crippen LogP contribution in [0.4, 0.5) is 11.4 Å². The zero-order valence-corrected chi connectivity index (χ0v) is 17.1. The molecule has 1 aromatic heterocycles. The van der Waals surface area contributed by atoms with Crippen LogP contribution in [0, 0.1) is 13.8 Å². The summed E-state index contributed by atoms with van der Waals surface area (Å²) >= 11 is 1.64. The number of nitrogens with zero attached hydrogens (tertiary/aromatic N) is 2. The number of amides is 1. The first-order valence-electron chi connectivity index (χ1n) is 9.42. The molecule has 0 radical (unpaired) electrons. The third-order valence-electron chi connectivity index (χ3n) is 4.73. The lowest BCUT2D eigenvalue weighted by molar-refractivity contribution is -0.118. The standard InChI is InChI=1S/C22H23N3O2S/c1-4-9-25-19(16-7-8-20-18(11-16)23-21(26)12-27-20)13-28-22(25)24-17-10-14(2)5-6-15(17)3/h5-8,10-11,13H,4,9,12H2,1-3H3,(H,23,26). The molecule has 0 aliphatic carbocycles. The molecule has 4 rings (SSSR count). The maximum Gasteiger partial charge on any atom is 0.262 e. The summed E-state index contributed by atoms with van der Waals surface area (Å²) < 4.78 is 7.73. The molecule has 2 aromatic carbocycles. The second-order valence-electron chi connectivity index (χ2n) is 7.00. The first-order chi connectivity index (χ1) is 13.5. The molecule has 0 bridgehead atoms. The van der Waals surface area contributed by atoms with Gasteiger partial charge < -0.3 is 14.6 Å². The van der Waals surface area contributed by atoms with Gasteiger partial charge in [0.05, 0.1) is 17.1 Å². The van der Waals surface area contributed by atoms with Gasteiger partial charge in [-0.1, -0.05) is 19.1 Å². The van der Waals surface area contributed by atoms with Crippen molar-refractivity contribution in [3.63, 3.8) is 0 Å². The highest BCUT2D eigenvalue weighted by molar-refractivity contribution is 7.07. The predicted octanol–water partition coefficient (Wildman–Crippen LogP) is 4.81. The average molecular weight is 394 g/mol. The summed E-state index contributed by atoms with van der Waals surface area (Å²) in [6.45, 7) is 7.28. The highest BCUT2D eigenvalue weighted by Crippen LogP contribution is 2.33. The van der Waals surface area contributed by atoms with Gasteiger partial charge in [-0.05, 0) is 55.7 Å². The predicted molar refractivity (Wildman–Crippen MR) is 113 cm³/mol. The van der Waals surface area contributed by atoms with Crippen LogP contribution in [0.2, 0.25) is 0 Å². The molecule has 3 aromatic rings. The number of thiazole rings is 1. The maximum atomic E-state index is 11.7. The summed E-state index contributed by atoms with van der Waals surface area (Å²) in [5.74, 6) is 0.586. The Labute approximate surface area is 168 Å². The fourth-order valence-corrected chi connectivity index (χ4v) is 4.22. The van der Waals surface area contributed by atoms with Gasteiger partial charge in [0, 0.05) is 17.5 Å². The van der Waals surface area contributed by atoms with Gasteiger partial charge in [-0.3, -0.25) is 4.79 Å². The van der Waals surface area contributed by atoms with Crippen molar-refractivity contribution < 1.29 is 9.53 Å². The van der Waals surface area contributed by atoms with E-state index in [0.717, 1.165) is 46.0 Å². The Balaban J connectivity index is 1.81. The molecule has 0 spiro atoms. The summed E-state index contributed by atoms with van der Waals surface area (Å²) in [5, 5.41) is 5.02. The Hall–Kier alpha value is -2.86. The van der Waals surface area contributed by atoms with Crippen LogP contribution < -0.4 is 14.9 Å². The van der Waals surface area contributed by atoms with Gasteiger partial charge in [0.1, 0.15) is 5.75 Å². The lowest BCUT2D eigenvalue weighted by Crippen LogP contribution is -2.25. The molecule has 0 saturated carbocycles. The van der Waals surface area contributed by atoms with Crippen LogP contribution >= 0.6 is 11.3 Å². The van der Waals surface area contributed by atoms with Crippen molar-refractivity contribution in [3.8, 4) is 17.0 Å². The van der Waals surface area contributed by atoms with E-state index < -0.39 is 0 Å². The Morgan fingerprint density at radius 3 is 2.89 bits per heavy atom. The normalized spacial score (nSPS) is 13.8. The molecule has 0 saturated heterocycles. The minimum absolute atomic E-state index is 0.0690. The van der Waals surface area contributed by atoms with E-state index in [-0.39, 0.29) is 12.5 Å². The fourth-order valence-electron chi connectivity index (χ4n) is 3.27. The number of hydrogen-bond acceptors (Lipinski definition) is 4. The first kappa shape index (κ1) is 18.5. The molecule has 1 amide bonds. The minimum atomic E-state index is -0.123. The van der Waals surface area contributed by atoms with E-state index >= 15 is 0 Å². The lowest BCUT2D eigenvalue weighted by Gasteiger charge is -2.18. The monoisotopic (exact) mass is 393 g/mol. The summed E-state index contributed by atoms with van der Waals surface area (Å²) in [4.78, 5) is 17.6. The molecule has 0 fully saturated rings. The van der Waals surface area contributed by atoms with E-state index in [0.29, 0.717) is 5.75 Å². The number of carbonyl (C=O) groups is 1. The Kier molecular flexibility index (Phi) is 5.05. The largest absolute Gasteiger partial charge is 0.482 e. The molecular formula is C22H23N3O2S. The summed E-state index contributed by atoms with van der Waals surface area (Å²) in [6.07, 6.45) is 1.01. The van der Waals surface area contributed by atoms with Crippen LogP contribution in [0.25, 0.3) is 11.3 Å². The van der Waals surface area contributed by atoms with E-state index in [1.165, 1.54) is 5.56 Å². The number of benzene rings is 2. The van der Waals surface area contributed by atoms with Gasteiger partial charge in [0.25, 0.3) is 5.91 Å². The second-order valence-corrected chi connectivity index (χ2v) is 7.84. The number of nitrogens with one attached hydrogen (secondary N) is 1. The molecule has 28 heavy (non-hydrogen) atoms. The van der Waals surface area contributed by atoms with Gasteiger partial charge in [-0.15, -0.1) is 11.3 Å². The first-order valence-corrected chi connectivity index (χ1v) is 10.3. The lowest BCUT2D eigenvalue weighted by atomic mass is 10.1. The van der Waals surface area contributed by atoms with Crippen molar-refractivity contribution in [2.75, 3.05) is 11.9 Å². The zero-order chi connectivity index (χ0) is 19.7. The molecule has 6 heteroatoms. The average Bonchev–Trinajstić information content (AvgIpc) is 3.07. The Bertz CT molecular complexity index is 1110. The molecule has 1 aliphatic heterocycles. The molecule has 0 unspecified atom stereocenters. The van der Waals surface area contributed by atoms with Crippen LogP contribution in [0.3, 0.4) is 0 Å². The van der Waals surface area contributed by atoms with Crippen molar-refractivity contribution in [2.24, 2.45) is 4.99 Å². The zero-order valence-electron chi connectivity index (χ0n) is 16.3. The summed E-state index contributed by atoms with van der Waals surface area (Å²) in [5.41, 5.74) is 6.22. The maximum absolute atomic E-state index is 11.7. The van der Waals surface area contributed by atoms with E-state index in [2.05, 4.69) is 54.2 Å². The summed E-state index contributed by atoms with van der Waals surface area (Å²) in [6, 6.07) is 12.3. The third-order valence-corrected chi connectivity index (χ3v) is 5.60. The summed E-state index contributed by atoms with van der Waals surface area (Å²) in [7, 11) is 0. The highest BCUT2D eigenvalue weighted by Gasteiger charge is 2.17. The van der Waals surface area contributed by atoms with E-state index in [1.54, 1.807) is 11.3 Å². The van der Waals surface area contributed by atoms with Crippen molar-refractivity contribution in [2.45, 2.75) is 33.7 Å². The molecule has 144 valence electrons. The minimum Gasteiger partial charge on any atom is -0.482 e. The topological polar surface area (TPSA) is 55.6 Å². The van der Waals surface area contributed by atoms with Gasteiger partial charge in [0.2, 0.25) is 0 Å². The molecule has 0 atom stereocenters. The van der Waals surface area contributed by atoms with E-state index in [9.17, 15) is 4.79 Å². The fraction of sp³-hybridized carbons (Fsp3) is 0.273. The van der Waals surface area contributed by atoms with Crippen LogP contribution in [0.15, 0.2) is 46.8 Å². The quantitative estimate of drug-likeness (QED) is 0.692. The molecule has 2 heterocycles. The third kappa shape index (κ3) is 3.60. The Morgan fingerprint density at radius 2 is 2.07 bits per heavy atom. The van der Waals surface area contributed by atoms with Crippen molar-refractivity contribution >= 4 is 28.6 Å². The number of ether oxygens (including phenoxy) is 1. The number of anilines is 1. The number of rotatable bonds is 4. The van der Waals surface area contributed by atoms with Crippen molar-refractivity contribution in [1.82, 2.24) is 4.57 Å². The van der Waals surface area contributed by atoms with E-state index in [4.69, 9.17) is 9.73 Å².